The van der Waals surface area contributed by atoms with Crippen molar-refractivity contribution in [3.63, 3.8) is 0 Å². The standard InChI is InChI=1S/C16H22N4O3S/c1-15(2,3)23-14(22)20-6-5-12-16(9-20,13(21)19(4)18-12)7-11-8-24-10-17-11/h8,10H,5-7,9H2,1-4H3/t16-/m0/s1. The number of nitrogens with zero attached hydrogens (tertiary/aromatic N) is 4. The van der Waals surface area contributed by atoms with Crippen LogP contribution in [0.25, 0.3) is 0 Å². The molecule has 0 N–H and O–H groups in total. The number of hydrazone groups is 1. The van der Waals surface area contributed by atoms with Gasteiger partial charge >= 0.3 is 6.09 Å². The van der Waals surface area contributed by atoms with Gasteiger partial charge in [-0.15, -0.1) is 11.3 Å². The molecule has 1 atom stereocenters. The minimum atomic E-state index is -0.821. The molecule has 0 aromatic carbocycles. The van der Waals surface area contributed by atoms with Gasteiger partial charge in [0.15, 0.2) is 0 Å². The van der Waals surface area contributed by atoms with Crippen molar-refractivity contribution in [2.24, 2.45) is 10.5 Å². The molecule has 24 heavy (non-hydrogen) atoms. The van der Waals surface area contributed by atoms with E-state index in [-0.39, 0.29) is 18.5 Å². The average Bonchev–Trinajstić information content (AvgIpc) is 3.06. The molecule has 0 radical (unpaired) electrons. The van der Waals surface area contributed by atoms with Crippen LogP contribution in [0.2, 0.25) is 0 Å². The molecule has 1 saturated heterocycles. The van der Waals surface area contributed by atoms with Crippen LogP contribution in [0, 0.1) is 5.41 Å². The zero-order valence-corrected chi connectivity index (χ0v) is 15.2. The monoisotopic (exact) mass is 350 g/mol. The predicted octanol–water partition coefficient (Wildman–Crippen LogP) is 2.14. The van der Waals surface area contributed by atoms with Crippen molar-refractivity contribution in [2.75, 3.05) is 20.1 Å². The Morgan fingerprint density at radius 2 is 2.21 bits per heavy atom. The molecule has 0 aliphatic carbocycles. The minimum Gasteiger partial charge on any atom is -0.444 e. The van der Waals surface area contributed by atoms with E-state index in [0.29, 0.717) is 19.4 Å². The first kappa shape index (κ1) is 16.9. The summed E-state index contributed by atoms with van der Waals surface area (Å²) in [5.74, 6) is -0.0845. The fourth-order valence-corrected chi connectivity index (χ4v) is 3.76. The molecule has 7 nitrogen and oxygen atoms in total. The topological polar surface area (TPSA) is 75.1 Å². The maximum Gasteiger partial charge on any atom is 0.410 e. The number of ether oxygens (including phenoxy) is 1. The van der Waals surface area contributed by atoms with E-state index in [2.05, 4.69) is 10.1 Å². The Morgan fingerprint density at radius 3 is 2.83 bits per heavy atom. The Morgan fingerprint density at radius 1 is 1.46 bits per heavy atom. The lowest BCUT2D eigenvalue weighted by Crippen LogP contribution is -2.56. The number of fused-ring (bicyclic) bond motifs is 1. The molecule has 0 bridgehead atoms. The molecule has 2 aliphatic heterocycles. The van der Waals surface area contributed by atoms with E-state index in [1.807, 2.05) is 26.2 Å². The second-order valence-electron chi connectivity index (χ2n) is 7.27. The highest BCUT2D eigenvalue weighted by atomic mass is 32.1. The first-order valence-corrected chi connectivity index (χ1v) is 8.87. The molecule has 3 heterocycles. The largest absolute Gasteiger partial charge is 0.444 e. The zero-order chi connectivity index (χ0) is 17.5. The first-order chi connectivity index (χ1) is 11.2. The van der Waals surface area contributed by atoms with E-state index in [1.165, 1.54) is 16.3 Å². The van der Waals surface area contributed by atoms with Crippen molar-refractivity contribution in [1.29, 1.82) is 0 Å². The van der Waals surface area contributed by atoms with Crippen molar-refractivity contribution in [2.45, 2.75) is 39.2 Å². The fraction of sp³-hybridized carbons (Fsp3) is 0.625. The van der Waals surface area contributed by atoms with E-state index in [1.54, 1.807) is 17.5 Å². The summed E-state index contributed by atoms with van der Waals surface area (Å²) < 4.78 is 5.48. The molecule has 2 aliphatic rings. The molecule has 0 unspecified atom stereocenters. The number of carbonyl (C=O) groups excluding carboxylic acids is 2. The fourth-order valence-electron chi connectivity index (χ4n) is 3.20. The normalized spacial score (nSPS) is 24.0. The minimum absolute atomic E-state index is 0.0845. The van der Waals surface area contributed by atoms with Crippen LogP contribution >= 0.6 is 11.3 Å². The highest BCUT2D eigenvalue weighted by Crippen LogP contribution is 2.38. The molecular weight excluding hydrogens is 328 g/mol. The molecule has 0 saturated carbocycles. The van der Waals surface area contributed by atoms with E-state index in [0.717, 1.165) is 11.4 Å². The maximum absolute atomic E-state index is 12.8. The maximum atomic E-state index is 12.8. The second-order valence-corrected chi connectivity index (χ2v) is 7.98. The summed E-state index contributed by atoms with van der Waals surface area (Å²) >= 11 is 1.49. The third-order valence-corrected chi connectivity index (χ3v) is 4.86. The summed E-state index contributed by atoms with van der Waals surface area (Å²) in [5.41, 5.74) is 2.05. The second kappa shape index (κ2) is 5.84. The van der Waals surface area contributed by atoms with Crippen LogP contribution in [0.15, 0.2) is 16.0 Å². The number of aromatic nitrogens is 1. The molecule has 130 valence electrons. The van der Waals surface area contributed by atoms with Gasteiger partial charge in [-0.25, -0.2) is 14.8 Å². The van der Waals surface area contributed by atoms with Crippen molar-refractivity contribution < 1.29 is 14.3 Å². The van der Waals surface area contributed by atoms with Gasteiger partial charge in [0.05, 0.1) is 16.9 Å². The van der Waals surface area contributed by atoms with Crippen molar-refractivity contribution in [3.8, 4) is 0 Å². The van der Waals surface area contributed by atoms with Gasteiger partial charge in [-0.2, -0.15) is 5.10 Å². The summed E-state index contributed by atoms with van der Waals surface area (Å²) in [6.07, 6.45) is 0.638. The Hall–Kier alpha value is -1.96. The third kappa shape index (κ3) is 3.02. The van der Waals surface area contributed by atoms with Crippen LogP contribution in [0.5, 0.6) is 0 Å². The molecule has 2 amide bonds. The lowest BCUT2D eigenvalue weighted by molar-refractivity contribution is -0.135. The van der Waals surface area contributed by atoms with Gasteiger partial charge in [0.1, 0.15) is 11.0 Å². The van der Waals surface area contributed by atoms with Crippen molar-refractivity contribution in [1.82, 2.24) is 14.9 Å². The summed E-state index contributed by atoms with van der Waals surface area (Å²) in [6, 6.07) is 0. The SMILES string of the molecule is CN1N=C2CCN(C(=O)OC(C)(C)C)C[C@]2(Cc2cscn2)C1=O. The number of rotatable bonds is 2. The van der Waals surface area contributed by atoms with Crippen LogP contribution in [-0.4, -0.2) is 58.3 Å². The molecular formula is C16H22N4O3S. The quantitative estimate of drug-likeness (QED) is 0.819. The number of hydrogen-bond donors (Lipinski definition) is 0. The number of carbonyl (C=O) groups is 2. The van der Waals surface area contributed by atoms with Gasteiger partial charge in [-0.05, 0) is 20.8 Å². The Balaban J connectivity index is 1.87. The first-order valence-electron chi connectivity index (χ1n) is 7.92. The van der Waals surface area contributed by atoms with Gasteiger partial charge in [0.2, 0.25) is 0 Å². The number of hydrogen-bond acceptors (Lipinski definition) is 6. The van der Waals surface area contributed by atoms with Crippen LogP contribution in [-0.2, 0) is 16.0 Å². The van der Waals surface area contributed by atoms with Gasteiger partial charge in [-0.3, -0.25) is 4.79 Å². The van der Waals surface area contributed by atoms with E-state index < -0.39 is 11.0 Å². The molecule has 1 fully saturated rings. The third-order valence-electron chi connectivity index (χ3n) is 4.22. The number of amides is 2. The summed E-state index contributed by atoms with van der Waals surface area (Å²) in [5, 5.41) is 7.73. The predicted molar refractivity (Wildman–Crippen MR) is 90.9 cm³/mol. The Kier molecular flexibility index (Phi) is 4.11. The summed E-state index contributed by atoms with van der Waals surface area (Å²) in [4.78, 5) is 31.2. The van der Waals surface area contributed by atoms with Gasteiger partial charge in [0.25, 0.3) is 5.91 Å². The number of thiazole rings is 1. The van der Waals surface area contributed by atoms with Gasteiger partial charge in [-0.1, -0.05) is 0 Å². The smallest absolute Gasteiger partial charge is 0.410 e. The van der Waals surface area contributed by atoms with Gasteiger partial charge in [0, 0.05) is 38.4 Å². The van der Waals surface area contributed by atoms with Crippen LogP contribution in [0.1, 0.15) is 32.9 Å². The summed E-state index contributed by atoms with van der Waals surface area (Å²) in [7, 11) is 1.66. The van der Waals surface area contributed by atoms with Gasteiger partial charge < -0.3 is 9.64 Å². The Labute approximate surface area is 145 Å². The van der Waals surface area contributed by atoms with Crippen molar-refractivity contribution >= 4 is 29.0 Å². The average molecular weight is 350 g/mol. The van der Waals surface area contributed by atoms with Crippen LogP contribution < -0.4 is 0 Å². The molecule has 1 aromatic rings. The summed E-state index contributed by atoms with van der Waals surface area (Å²) in [6.45, 7) is 6.29. The number of likely N-dealkylation sites (tertiary alicyclic amines) is 1. The lowest BCUT2D eigenvalue weighted by atomic mass is 9.74. The van der Waals surface area contributed by atoms with E-state index in [9.17, 15) is 9.59 Å². The number of piperidine rings is 1. The highest BCUT2D eigenvalue weighted by molar-refractivity contribution is 7.07. The molecule has 3 rings (SSSR count). The van der Waals surface area contributed by atoms with Crippen LogP contribution in [0.3, 0.4) is 0 Å². The van der Waals surface area contributed by atoms with E-state index in [4.69, 9.17) is 4.74 Å². The Bertz CT molecular complexity index is 680. The van der Waals surface area contributed by atoms with Crippen molar-refractivity contribution in [3.05, 3.63) is 16.6 Å². The molecule has 0 spiro atoms. The van der Waals surface area contributed by atoms with Crippen LogP contribution in [0.4, 0.5) is 4.79 Å². The van der Waals surface area contributed by atoms with E-state index >= 15 is 0 Å². The zero-order valence-electron chi connectivity index (χ0n) is 14.4. The highest BCUT2D eigenvalue weighted by Gasteiger charge is 2.54. The molecule has 1 aromatic heterocycles. The lowest BCUT2D eigenvalue weighted by Gasteiger charge is -2.39. The molecule has 8 heteroatoms.